The predicted octanol–water partition coefficient (Wildman–Crippen LogP) is 5.38. The van der Waals surface area contributed by atoms with Crippen LogP contribution in [0.3, 0.4) is 0 Å². The van der Waals surface area contributed by atoms with Gasteiger partial charge in [0.15, 0.2) is 5.11 Å². The SMILES string of the molecule is FC(F)C(F)(F)Oc1cccc(NC(=S)N2CCN=C2NC2CCCCCCCC2)c1. The van der Waals surface area contributed by atoms with Crippen LogP contribution in [0.4, 0.5) is 23.2 Å². The van der Waals surface area contributed by atoms with Gasteiger partial charge in [0.2, 0.25) is 5.96 Å². The first-order valence-corrected chi connectivity index (χ1v) is 11.1. The Kier molecular flexibility index (Phi) is 8.34. The van der Waals surface area contributed by atoms with Crippen LogP contribution >= 0.6 is 12.2 Å². The summed E-state index contributed by atoms with van der Waals surface area (Å²) >= 11 is 5.49. The van der Waals surface area contributed by atoms with E-state index in [4.69, 9.17) is 12.2 Å². The fourth-order valence-corrected chi connectivity index (χ4v) is 4.05. The van der Waals surface area contributed by atoms with Gasteiger partial charge in [-0.1, -0.05) is 44.6 Å². The summed E-state index contributed by atoms with van der Waals surface area (Å²) in [7, 11) is 0. The average Bonchev–Trinajstić information content (AvgIpc) is 3.21. The monoisotopic (exact) mass is 460 g/mol. The van der Waals surface area contributed by atoms with Gasteiger partial charge >= 0.3 is 12.5 Å². The van der Waals surface area contributed by atoms with E-state index in [2.05, 4.69) is 20.4 Å². The Labute approximate surface area is 185 Å². The first-order chi connectivity index (χ1) is 14.8. The van der Waals surface area contributed by atoms with E-state index in [1.54, 1.807) is 6.07 Å². The molecule has 2 aliphatic rings. The van der Waals surface area contributed by atoms with E-state index in [1.165, 1.54) is 56.7 Å². The molecule has 0 spiro atoms. The highest BCUT2D eigenvalue weighted by Crippen LogP contribution is 2.29. The molecule has 0 atom stereocenters. The molecular weight excluding hydrogens is 432 g/mol. The van der Waals surface area contributed by atoms with Crippen molar-refractivity contribution in [3.05, 3.63) is 24.3 Å². The van der Waals surface area contributed by atoms with E-state index < -0.39 is 12.5 Å². The maximum atomic E-state index is 13.2. The summed E-state index contributed by atoms with van der Waals surface area (Å²) in [5.74, 6) is 0.329. The molecule has 31 heavy (non-hydrogen) atoms. The van der Waals surface area contributed by atoms with Crippen LogP contribution in [0, 0.1) is 0 Å². The summed E-state index contributed by atoms with van der Waals surface area (Å²) in [4.78, 5) is 6.37. The predicted molar refractivity (Wildman–Crippen MR) is 117 cm³/mol. The zero-order valence-corrected chi connectivity index (χ0v) is 18.1. The van der Waals surface area contributed by atoms with E-state index in [0.29, 0.717) is 35.9 Å². The minimum absolute atomic E-state index is 0.341. The number of hydrogen-bond acceptors (Lipinski definition) is 4. The lowest BCUT2D eigenvalue weighted by molar-refractivity contribution is -0.253. The third kappa shape index (κ3) is 6.95. The summed E-state index contributed by atoms with van der Waals surface area (Å²) in [5.41, 5.74) is 0.362. The molecule has 1 aromatic carbocycles. The van der Waals surface area contributed by atoms with Crippen LogP contribution in [0.1, 0.15) is 51.4 Å². The fourth-order valence-electron chi connectivity index (χ4n) is 3.76. The Bertz CT molecular complexity index is 768. The number of nitrogens with one attached hydrogen (secondary N) is 2. The molecule has 172 valence electrons. The van der Waals surface area contributed by atoms with Gasteiger partial charge in [-0.05, 0) is 37.2 Å². The van der Waals surface area contributed by atoms with E-state index in [1.807, 2.05) is 4.90 Å². The van der Waals surface area contributed by atoms with Crippen molar-refractivity contribution in [3.63, 3.8) is 0 Å². The first kappa shape index (κ1) is 23.6. The Morgan fingerprint density at radius 3 is 2.48 bits per heavy atom. The maximum Gasteiger partial charge on any atom is 0.461 e. The van der Waals surface area contributed by atoms with Crippen molar-refractivity contribution < 1.29 is 22.3 Å². The second-order valence-corrected chi connectivity index (χ2v) is 8.21. The second kappa shape index (κ2) is 11.0. The minimum atomic E-state index is -4.56. The number of ether oxygens (including phenoxy) is 1. The molecule has 10 heteroatoms. The maximum absolute atomic E-state index is 13.2. The van der Waals surface area contributed by atoms with Gasteiger partial charge in [0.05, 0.1) is 6.54 Å². The Balaban J connectivity index is 1.59. The summed E-state index contributed by atoms with van der Waals surface area (Å²) < 4.78 is 55.3. The van der Waals surface area contributed by atoms with E-state index in [-0.39, 0.29) is 5.75 Å². The molecule has 1 aliphatic heterocycles. The Morgan fingerprint density at radius 2 is 1.81 bits per heavy atom. The van der Waals surface area contributed by atoms with Gasteiger partial charge in [-0.15, -0.1) is 0 Å². The number of benzene rings is 1. The summed E-state index contributed by atoms with van der Waals surface area (Å²) in [6.07, 6.45) is 1.14. The highest BCUT2D eigenvalue weighted by molar-refractivity contribution is 7.80. The van der Waals surface area contributed by atoms with Crippen LogP contribution in [-0.4, -0.2) is 47.6 Å². The summed E-state index contributed by atoms with van der Waals surface area (Å²) in [6, 6.07) is 5.76. The molecule has 0 amide bonds. The summed E-state index contributed by atoms with van der Waals surface area (Å²) in [5, 5.41) is 6.84. The minimum Gasteiger partial charge on any atom is -0.428 e. The second-order valence-electron chi connectivity index (χ2n) is 7.82. The number of nitrogens with zero attached hydrogens (tertiary/aromatic N) is 2. The van der Waals surface area contributed by atoms with Crippen molar-refractivity contribution in [2.75, 3.05) is 18.4 Å². The number of halogens is 4. The summed E-state index contributed by atoms with van der Waals surface area (Å²) in [6.45, 7) is 1.20. The highest BCUT2D eigenvalue weighted by atomic mass is 32.1. The number of alkyl halides is 4. The largest absolute Gasteiger partial charge is 0.461 e. The van der Waals surface area contributed by atoms with Gasteiger partial charge in [0.1, 0.15) is 5.75 Å². The number of hydrogen-bond donors (Lipinski definition) is 2. The fraction of sp³-hybridized carbons (Fsp3) is 0.619. The van der Waals surface area contributed by atoms with E-state index in [9.17, 15) is 17.6 Å². The quantitative estimate of drug-likeness (QED) is 0.456. The van der Waals surface area contributed by atoms with Gasteiger partial charge in [0.25, 0.3) is 0 Å². The van der Waals surface area contributed by atoms with Gasteiger partial charge in [0, 0.05) is 24.3 Å². The van der Waals surface area contributed by atoms with Crippen molar-refractivity contribution in [2.24, 2.45) is 4.99 Å². The molecule has 1 aromatic rings. The molecule has 2 N–H and O–H groups in total. The molecular formula is C21H28F4N4OS. The zero-order valence-electron chi connectivity index (χ0n) is 17.3. The van der Waals surface area contributed by atoms with E-state index in [0.717, 1.165) is 12.8 Å². The van der Waals surface area contributed by atoms with Crippen LogP contribution in [-0.2, 0) is 0 Å². The molecule has 5 nitrogen and oxygen atoms in total. The number of rotatable bonds is 5. The molecule has 3 rings (SSSR count). The molecule has 0 saturated heterocycles. The van der Waals surface area contributed by atoms with Gasteiger partial charge < -0.3 is 15.4 Å². The van der Waals surface area contributed by atoms with Crippen molar-refractivity contribution in [1.29, 1.82) is 0 Å². The van der Waals surface area contributed by atoms with Crippen molar-refractivity contribution in [3.8, 4) is 5.75 Å². The van der Waals surface area contributed by atoms with E-state index >= 15 is 0 Å². The molecule has 0 unspecified atom stereocenters. The lowest BCUT2D eigenvalue weighted by atomic mass is 10.1. The zero-order chi connectivity index (χ0) is 22.3. The lowest BCUT2D eigenvalue weighted by Gasteiger charge is -2.26. The number of anilines is 1. The normalized spacial score (nSPS) is 18.7. The van der Waals surface area contributed by atoms with Gasteiger partial charge in [-0.3, -0.25) is 9.89 Å². The van der Waals surface area contributed by atoms with Crippen molar-refractivity contribution in [1.82, 2.24) is 10.2 Å². The third-order valence-electron chi connectivity index (χ3n) is 5.37. The Hall–Kier alpha value is -2.10. The highest BCUT2D eigenvalue weighted by Gasteiger charge is 2.44. The van der Waals surface area contributed by atoms with Crippen LogP contribution in [0.5, 0.6) is 5.75 Å². The molecule has 1 fully saturated rings. The number of aliphatic imine (C=N–C) groups is 1. The smallest absolute Gasteiger partial charge is 0.428 e. The topological polar surface area (TPSA) is 48.9 Å². The van der Waals surface area contributed by atoms with Crippen LogP contribution in [0.15, 0.2) is 29.3 Å². The van der Waals surface area contributed by atoms with Crippen LogP contribution in [0.25, 0.3) is 0 Å². The lowest BCUT2D eigenvalue weighted by Crippen LogP contribution is -2.47. The standard InChI is InChI=1S/C21H28F4N4OS/c22-18(23)21(24,25)30-17-11-7-10-16(14-17)28-20(31)29-13-12-26-19(29)27-15-8-5-3-1-2-4-6-9-15/h7,10-11,14-15,18H,1-6,8-9,12-13H2,(H,26,27)(H,28,31). The molecule has 1 heterocycles. The Morgan fingerprint density at radius 1 is 1.13 bits per heavy atom. The number of guanidine groups is 1. The van der Waals surface area contributed by atoms with Gasteiger partial charge in [-0.2, -0.15) is 17.6 Å². The van der Waals surface area contributed by atoms with Crippen molar-refractivity contribution in [2.45, 2.75) is 69.9 Å². The molecule has 1 aliphatic carbocycles. The van der Waals surface area contributed by atoms with Crippen molar-refractivity contribution >= 4 is 29.0 Å². The molecule has 0 aromatic heterocycles. The van der Waals surface area contributed by atoms with Gasteiger partial charge in [-0.25, -0.2) is 0 Å². The number of thiocarbonyl (C=S) groups is 1. The average molecular weight is 461 g/mol. The molecule has 1 saturated carbocycles. The van der Waals surface area contributed by atoms with Crippen LogP contribution in [0.2, 0.25) is 0 Å². The third-order valence-corrected chi connectivity index (χ3v) is 5.69. The molecule has 0 bridgehead atoms. The first-order valence-electron chi connectivity index (χ1n) is 10.7. The molecule has 0 radical (unpaired) electrons. The van der Waals surface area contributed by atoms with Crippen LogP contribution < -0.4 is 15.4 Å².